The second-order valence-corrected chi connectivity index (χ2v) is 5.14. The lowest BCUT2D eigenvalue weighted by molar-refractivity contribution is -0.147. The van der Waals surface area contributed by atoms with E-state index in [0.717, 1.165) is 5.39 Å². The summed E-state index contributed by atoms with van der Waals surface area (Å²) in [5, 5.41) is 10.5. The van der Waals surface area contributed by atoms with Crippen LogP contribution in [-0.2, 0) is 11.2 Å². The molecule has 3 nitrogen and oxygen atoms in total. The molecule has 1 aromatic heterocycles. The Balaban J connectivity index is 2.38. The van der Waals surface area contributed by atoms with Gasteiger partial charge in [-0.3, -0.25) is 4.79 Å². The second kappa shape index (κ2) is 4.08. The summed E-state index contributed by atoms with van der Waals surface area (Å²) in [5.41, 5.74) is -0.231. The molecule has 2 aromatic rings. The standard InChI is InChI=1S/C13H13ClO3/c1-13(2,12(15)16)7-9-6-8-4-3-5-10(14)11(8)17-9/h3-6H,7H2,1-2H3,(H,15,16). The number of para-hydroxylation sites is 1. The van der Waals surface area contributed by atoms with Crippen LogP contribution in [0.15, 0.2) is 28.7 Å². The van der Waals surface area contributed by atoms with Gasteiger partial charge in [-0.1, -0.05) is 23.7 Å². The number of rotatable bonds is 3. The van der Waals surface area contributed by atoms with Crippen molar-refractivity contribution >= 4 is 28.5 Å². The van der Waals surface area contributed by atoms with Crippen molar-refractivity contribution < 1.29 is 14.3 Å². The molecule has 0 bridgehead atoms. The molecule has 0 radical (unpaired) electrons. The monoisotopic (exact) mass is 252 g/mol. The van der Waals surface area contributed by atoms with Crippen LogP contribution in [-0.4, -0.2) is 11.1 Å². The summed E-state index contributed by atoms with van der Waals surface area (Å²) in [6.07, 6.45) is 0.341. The van der Waals surface area contributed by atoms with Crippen molar-refractivity contribution in [2.24, 2.45) is 5.41 Å². The molecule has 17 heavy (non-hydrogen) atoms. The van der Waals surface area contributed by atoms with Gasteiger partial charge in [0.25, 0.3) is 0 Å². The number of benzene rings is 1. The quantitative estimate of drug-likeness (QED) is 0.905. The van der Waals surface area contributed by atoms with E-state index in [9.17, 15) is 4.79 Å². The first-order valence-corrected chi connectivity index (χ1v) is 5.68. The summed E-state index contributed by atoms with van der Waals surface area (Å²) in [4.78, 5) is 11.0. The average Bonchev–Trinajstić information content (AvgIpc) is 2.60. The van der Waals surface area contributed by atoms with Crippen molar-refractivity contribution in [2.45, 2.75) is 20.3 Å². The van der Waals surface area contributed by atoms with Crippen LogP contribution in [0.2, 0.25) is 5.02 Å². The molecule has 1 N–H and O–H groups in total. The molecule has 1 aromatic carbocycles. The number of carboxylic acids is 1. The molecule has 1 heterocycles. The van der Waals surface area contributed by atoms with Crippen molar-refractivity contribution in [3.05, 3.63) is 35.0 Å². The molecule has 0 aliphatic rings. The van der Waals surface area contributed by atoms with Crippen molar-refractivity contribution in [3.63, 3.8) is 0 Å². The number of fused-ring (bicyclic) bond motifs is 1. The van der Waals surface area contributed by atoms with E-state index in [1.54, 1.807) is 19.9 Å². The van der Waals surface area contributed by atoms with Crippen LogP contribution < -0.4 is 0 Å². The molecule has 0 saturated heterocycles. The minimum Gasteiger partial charge on any atom is -0.481 e. The molecule has 2 rings (SSSR count). The van der Waals surface area contributed by atoms with E-state index in [4.69, 9.17) is 21.1 Å². The minimum absolute atomic E-state index is 0.341. The summed E-state index contributed by atoms with van der Waals surface area (Å²) in [6, 6.07) is 7.32. The molecular formula is C13H13ClO3. The Labute approximate surface area is 104 Å². The van der Waals surface area contributed by atoms with Crippen LogP contribution in [0, 0.1) is 5.41 Å². The number of hydrogen-bond acceptors (Lipinski definition) is 2. The lowest BCUT2D eigenvalue weighted by Gasteiger charge is -2.16. The molecule has 0 aliphatic heterocycles. The van der Waals surface area contributed by atoms with Crippen LogP contribution in [0.1, 0.15) is 19.6 Å². The van der Waals surface area contributed by atoms with E-state index in [2.05, 4.69) is 0 Å². The van der Waals surface area contributed by atoms with Crippen LogP contribution in [0.25, 0.3) is 11.0 Å². The van der Waals surface area contributed by atoms with Gasteiger partial charge in [-0.05, 0) is 26.0 Å². The fourth-order valence-corrected chi connectivity index (χ4v) is 1.90. The Kier molecular flexibility index (Phi) is 2.87. The van der Waals surface area contributed by atoms with E-state index < -0.39 is 11.4 Å². The Morgan fingerprint density at radius 2 is 2.18 bits per heavy atom. The average molecular weight is 253 g/mol. The van der Waals surface area contributed by atoms with Crippen LogP contribution in [0.3, 0.4) is 0 Å². The second-order valence-electron chi connectivity index (χ2n) is 4.74. The molecule has 0 fully saturated rings. The zero-order chi connectivity index (χ0) is 12.6. The van der Waals surface area contributed by atoms with Crippen molar-refractivity contribution in [3.8, 4) is 0 Å². The number of furan rings is 1. The summed E-state index contributed by atoms with van der Waals surface area (Å²) >= 11 is 5.99. The molecular weight excluding hydrogens is 240 g/mol. The number of carbonyl (C=O) groups is 1. The fraction of sp³-hybridized carbons (Fsp3) is 0.308. The number of hydrogen-bond donors (Lipinski definition) is 1. The van der Waals surface area contributed by atoms with Gasteiger partial charge in [-0.2, -0.15) is 0 Å². The van der Waals surface area contributed by atoms with Gasteiger partial charge < -0.3 is 9.52 Å². The van der Waals surface area contributed by atoms with Gasteiger partial charge >= 0.3 is 5.97 Å². The first-order valence-electron chi connectivity index (χ1n) is 5.30. The maximum Gasteiger partial charge on any atom is 0.309 e. The molecule has 0 amide bonds. The SMILES string of the molecule is CC(C)(Cc1cc2cccc(Cl)c2o1)C(=O)O. The molecule has 90 valence electrons. The summed E-state index contributed by atoms with van der Waals surface area (Å²) in [5.74, 6) is -0.204. The first-order chi connectivity index (χ1) is 7.90. The van der Waals surface area contributed by atoms with Gasteiger partial charge in [-0.25, -0.2) is 0 Å². The summed E-state index contributed by atoms with van der Waals surface area (Å²) in [7, 11) is 0. The number of aliphatic carboxylic acids is 1. The minimum atomic E-state index is -0.847. The van der Waals surface area contributed by atoms with E-state index >= 15 is 0 Å². The number of halogens is 1. The van der Waals surface area contributed by atoms with Gasteiger partial charge in [0.15, 0.2) is 5.58 Å². The first kappa shape index (κ1) is 12.0. The van der Waals surface area contributed by atoms with Crippen LogP contribution in [0.4, 0.5) is 0 Å². The Bertz CT molecular complexity index is 569. The Hall–Kier alpha value is -1.48. The van der Waals surface area contributed by atoms with Crippen molar-refractivity contribution in [1.82, 2.24) is 0 Å². The highest BCUT2D eigenvalue weighted by molar-refractivity contribution is 6.34. The smallest absolute Gasteiger partial charge is 0.309 e. The van der Waals surface area contributed by atoms with Crippen LogP contribution in [0.5, 0.6) is 0 Å². The molecule has 0 atom stereocenters. The largest absolute Gasteiger partial charge is 0.481 e. The third kappa shape index (κ3) is 2.29. The molecule has 0 aliphatic carbocycles. The van der Waals surface area contributed by atoms with E-state index in [0.29, 0.717) is 22.8 Å². The van der Waals surface area contributed by atoms with Gasteiger partial charge in [0.2, 0.25) is 0 Å². The zero-order valence-corrected chi connectivity index (χ0v) is 10.4. The van der Waals surface area contributed by atoms with E-state index in [-0.39, 0.29) is 0 Å². The van der Waals surface area contributed by atoms with Gasteiger partial charge in [-0.15, -0.1) is 0 Å². The van der Waals surface area contributed by atoms with Gasteiger partial charge in [0, 0.05) is 11.8 Å². The predicted molar refractivity (Wildman–Crippen MR) is 66.3 cm³/mol. The summed E-state index contributed by atoms with van der Waals surface area (Å²) in [6.45, 7) is 3.34. The maximum atomic E-state index is 11.0. The zero-order valence-electron chi connectivity index (χ0n) is 9.66. The molecule has 0 unspecified atom stereocenters. The highest BCUT2D eigenvalue weighted by atomic mass is 35.5. The van der Waals surface area contributed by atoms with Crippen molar-refractivity contribution in [1.29, 1.82) is 0 Å². The lowest BCUT2D eigenvalue weighted by Crippen LogP contribution is -2.25. The molecule has 4 heteroatoms. The van der Waals surface area contributed by atoms with Gasteiger partial charge in [0.05, 0.1) is 10.4 Å². The summed E-state index contributed by atoms with van der Waals surface area (Å²) < 4.78 is 5.59. The predicted octanol–water partition coefficient (Wildman–Crippen LogP) is 3.74. The Morgan fingerprint density at radius 1 is 1.47 bits per heavy atom. The highest BCUT2D eigenvalue weighted by Gasteiger charge is 2.29. The van der Waals surface area contributed by atoms with Crippen LogP contribution >= 0.6 is 11.6 Å². The topological polar surface area (TPSA) is 50.4 Å². The molecule has 0 saturated carbocycles. The Morgan fingerprint density at radius 3 is 2.76 bits per heavy atom. The van der Waals surface area contributed by atoms with E-state index in [1.165, 1.54) is 0 Å². The lowest BCUT2D eigenvalue weighted by atomic mass is 9.88. The fourth-order valence-electron chi connectivity index (χ4n) is 1.68. The van der Waals surface area contributed by atoms with E-state index in [1.807, 2.05) is 18.2 Å². The third-order valence-electron chi connectivity index (χ3n) is 2.74. The normalized spacial score (nSPS) is 11.9. The van der Waals surface area contributed by atoms with Crippen molar-refractivity contribution in [2.75, 3.05) is 0 Å². The maximum absolute atomic E-state index is 11.0. The van der Waals surface area contributed by atoms with Gasteiger partial charge in [0.1, 0.15) is 5.76 Å². The third-order valence-corrected chi connectivity index (χ3v) is 3.04. The number of carboxylic acid groups (broad SMARTS) is 1. The highest BCUT2D eigenvalue weighted by Crippen LogP contribution is 2.30. The molecule has 0 spiro atoms.